The predicted octanol–water partition coefficient (Wildman–Crippen LogP) is 4.26. The number of benzene rings is 1. The Balaban J connectivity index is 2.10. The van der Waals surface area contributed by atoms with Gasteiger partial charge < -0.3 is 4.74 Å². The maximum absolute atomic E-state index is 6.06. The van der Waals surface area contributed by atoms with E-state index < -0.39 is 0 Å². The van der Waals surface area contributed by atoms with Crippen molar-refractivity contribution in [2.24, 2.45) is 0 Å². The van der Waals surface area contributed by atoms with Gasteiger partial charge >= 0.3 is 0 Å². The summed E-state index contributed by atoms with van der Waals surface area (Å²) < 4.78 is 5.61. The fourth-order valence-corrected chi connectivity index (χ4v) is 2.20. The van der Waals surface area contributed by atoms with Crippen LogP contribution in [0.15, 0.2) is 30.3 Å². The molecule has 0 N–H and O–H groups in total. The molecule has 2 heteroatoms. The summed E-state index contributed by atoms with van der Waals surface area (Å²) in [5.74, 6) is 0.930. The van der Waals surface area contributed by atoms with E-state index in [-0.39, 0.29) is 11.5 Å². The van der Waals surface area contributed by atoms with E-state index >= 15 is 0 Å². The first kappa shape index (κ1) is 11.5. The summed E-state index contributed by atoms with van der Waals surface area (Å²) in [4.78, 5) is 0. The summed E-state index contributed by atoms with van der Waals surface area (Å²) >= 11 is 6.06. The minimum atomic E-state index is 0.210. The normalized spacial score (nSPS) is 20.0. The number of allylic oxidation sites excluding steroid dienone is 2. The molecule has 0 spiro atoms. The monoisotopic (exact) mass is 236 g/mol. The summed E-state index contributed by atoms with van der Waals surface area (Å²) in [6.45, 7) is 4.07. The Morgan fingerprint density at radius 2 is 1.94 bits per heavy atom. The molecule has 1 nitrogen and oxygen atoms in total. The van der Waals surface area contributed by atoms with Gasteiger partial charge in [-0.2, -0.15) is 0 Å². The average molecular weight is 237 g/mol. The lowest BCUT2D eigenvalue weighted by molar-refractivity contribution is 0.242. The highest BCUT2D eigenvalue weighted by molar-refractivity contribution is 6.22. The first-order valence-corrected chi connectivity index (χ1v) is 6.20. The van der Waals surface area contributed by atoms with E-state index in [1.165, 1.54) is 11.1 Å². The van der Waals surface area contributed by atoms with Gasteiger partial charge in [-0.3, -0.25) is 0 Å². The zero-order valence-corrected chi connectivity index (χ0v) is 10.5. The largest absolute Gasteiger partial charge is 0.491 e. The summed E-state index contributed by atoms with van der Waals surface area (Å²) in [7, 11) is 0. The van der Waals surface area contributed by atoms with E-state index in [0.29, 0.717) is 0 Å². The molecule has 1 unspecified atom stereocenters. The van der Waals surface area contributed by atoms with E-state index in [0.717, 1.165) is 18.6 Å². The molecule has 0 amide bonds. The van der Waals surface area contributed by atoms with Crippen LogP contribution in [-0.2, 0) is 0 Å². The van der Waals surface area contributed by atoms with Gasteiger partial charge in [0.15, 0.2) is 0 Å². The molecule has 1 aromatic carbocycles. The number of alkyl halides is 1. The first-order valence-electron chi connectivity index (χ1n) is 5.77. The van der Waals surface area contributed by atoms with Gasteiger partial charge in [0.2, 0.25) is 0 Å². The van der Waals surface area contributed by atoms with Gasteiger partial charge in [0, 0.05) is 0 Å². The molecule has 2 rings (SSSR count). The molecule has 16 heavy (non-hydrogen) atoms. The van der Waals surface area contributed by atoms with Crippen molar-refractivity contribution in [1.82, 2.24) is 0 Å². The molecule has 1 aliphatic rings. The number of hydrogen-bond donors (Lipinski definition) is 0. The van der Waals surface area contributed by atoms with E-state index in [9.17, 15) is 0 Å². The molecule has 0 aromatic heterocycles. The van der Waals surface area contributed by atoms with Crippen LogP contribution in [0.25, 0.3) is 5.57 Å². The Bertz CT molecular complexity index is 378. The van der Waals surface area contributed by atoms with E-state index in [4.69, 9.17) is 16.3 Å². The zero-order valence-electron chi connectivity index (χ0n) is 9.74. The van der Waals surface area contributed by atoms with Crippen LogP contribution < -0.4 is 4.74 Å². The Morgan fingerprint density at radius 1 is 1.25 bits per heavy atom. The summed E-state index contributed by atoms with van der Waals surface area (Å²) in [6.07, 6.45) is 4.52. The minimum absolute atomic E-state index is 0.210. The highest BCUT2D eigenvalue weighted by Crippen LogP contribution is 2.31. The maximum Gasteiger partial charge on any atom is 0.119 e. The van der Waals surface area contributed by atoms with Crippen molar-refractivity contribution in [2.75, 3.05) is 0 Å². The standard InChI is InChI=1S/C14H17ClO/c1-10(2)16-14-7-4-11(5-8-14)12-3-6-13(15)9-12/h4-5,7-10,13H,3,6H2,1-2H3. The van der Waals surface area contributed by atoms with Gasteiger partial charge in [-0.1, -0.05) is 18.2 Å². The van der Waals surface area contributed by atoms with E-state index in [1.807, 2.05) is 26.0 Å². The lowest BCUT2D eigenvalue weighted by atomic mass is 10.1. The molecular weight excluding hydrogens is 220 g/mol. The van der Waals surface area contributed by atoms with Gasteiger partial charge in [-0.15, -0.1) is 11.6 Å². The van der Waals surface area contributed by atoms with Crippen LogP contribution in [-0.4, -0.2) is 11.5 Å². The van der Waals surface area contributed by atoms with Crippen molar-refractivity contribution in [3.05, 3.63) is 35.9 Å². The second-order valence-corrected chi connectivity index (χ2v) is 5.00. The summed E-state index contributed by atoms with van der Waals surface area (Å²) in [5, 5.41) is 0.210. The minimum Gasteiger partial charge on any atom is -0.491 e. The zero-order chi connectivity index (χ0) is 11.5. The van der Waals surface area contributed by atoms with Crippen LogP contribution in [0.5, 0.6) is 5.75 Å². The highest BCUT2D eigenvalue weighted by Gasteiger charge is 2.14. The van der Waals surface area contributed by atoms with Crippen molar-refractivity contribution in [2.45, 2.75) is 38.2 Å². The molecule has 0 saturated carbocycles. The quantitative estimate of drug-likeness (QED) is 0.713. The Hall–Kier alpha value is -0.950. The lowest BCUT2D eigenvalue weighted by Gasteiger charge is -2.10. The highest BCUT2D eigenvalue weighted by atomic mass is 35.5. The first-order chi connectivity index (χ1) is 7.65. The van der Waals surface area contributed by atoms with Crippen LogP contribution in [0.1, 0.15) is 32.3 Å². The predicted molar refractivity (Wildman–Crippen MR) is 69.1 cm³/mol. The van der Waals surface area contributed by atoms with Gasteiger partial charge in [-0.05, 0) is 50.0 Å². The van der Waals surface area contributed by atoms with Crippen molar-refractivity contribution in [3.8, 4) is 5.75 Å². The molecule has 1 aliphatic carbocycles. The summed E-state index contributed by atoms with van der Waals surface area (Å²) in [6, 6.07) is 8.27. The molecule has 0 fully saturated rings. The van der Waals surface area contributed by atoms with Gasteiger partial charge in [0.25, 0.3) is 0 Å². The molecular formula is C14H17ClO. The molecule has 1 aromatic rings. The maximum atomic E-state index is 6.06. The fourth-order valence-electron chi connectivity index (χ4n) is 1.94. The Labute approximate surface area is 102 Å². The molecule has 0 aliphatic heterocycles. The van der Waals surface area contributed by atoms with Gasteiger partial charge in [0.05, 0.1) is 11.5 Å². The smallest absolute Gasteiger partial charge is 0.119 e. The van der Waals surface area contributed by atoms with Gasteiger partial charge in [0.1, 0.15) is 5.75 Å². The number of halogens is 1. The third-order valence-corrected chi connectivity index (χ3v) is 3.01. The Kier molecular flexibility index (Phi) is 3.55. The Morgan fingerprint density at radius 3 is 2.44 bits per heavy atom. The van der Waals surface area contributed by atoms with Crippen LogP contribution in [0.4, 0.5) is 0 Å². The molecule has 0 heterocycles. The molecule has 0 radical (unpaired) electrons. The van der Waals surface area contributed by atoms with Crippen molar-refractivity contribution in [3.63, 3.8) is 0 Å². The van der Waals surface area contributed by atoms with Crippen molar-refractivity contribution in [1.29, 1.82) is 0 Å². The second-order valence-electron chi connectivity index (χ2n) is 4.44. The lowest BCUT2D eigenvalue weighted by Crippen LogP contribution is -2.05. The van der Waals surface area contributed by atoms with E-state index in [2.05, 4.69) is 18.2 Å². The third-order valence-electron chi connectivity index (χ3n) is 2.67. The SMILES string of the molecule is CC(C)Oc1ccc(C2=CC(Cl)CC2)cc1. The molecule has 1 atom stereocenters. The topological polar surface area (TPSA) is 9.23 Å². The van der Waals surface area contributed by atoms with Gasteiger partial charge in [-0.25, -0.2) is 0 Å². The van der Waals surface area contributed by atoms with Crippen LogP contribution in [0.3, 0.4) is 0 Å². The van der Waals surface area contributed by atoms with Crippen LogP contribution >= 0.6 is 11.6 Å². The number of ether oxygens (including phenoxy) is 1. The average Bonchev–Trinajstić information content (AvgIpc) is 2.65. The van der Waals surface area contributed by atoms with Crippen molar-refractivity contribution < 1.29 is 4.74 Å². The fraction of sp³-hybridized carbons (Fsp3) is 0.429. The second kappa shape index (κ2) is 4.92. The third kappa shape index (κ3) is 2.79. The molecule has 86 valence electrons. The summed E-state index contributed by atoms with van der Waals surface area (Å²) in [5.41, 5.74) is 2.62. The van der Waals surface area contributed by atoms with Crippen molar-refractivity contribution >= 4 is 17.2 Å². The molecule has 0 saturated heterocycles. The van der Waals surface area contributed by atoms with E-state index in [1.54, 1.807) is 0 Å². The number of rotatable bonds is 3. The van der Waals surface area contributed by atoms with Crippen LogP contribution in [0, 0.1) is 0 Å². The van der Waals surface area contributed by atoms with Crippen LogP contribution in [0.2, 0.25) is 0 Å². The number of hydrogen-bond acceptors (Lipinski definition) is 1. The molecule has 0 bridgehead atoms.